The van der Waals surface area contributed by atoms with Gasteiger partial charge in [0.05, 0.1) is 11.2 Å². The summed E-state index contributed by atoms with van der Waals surface area (Å²) in [7, 11) is 0. The van der Waals surface area contributed by atoms with Crippen molar-refractivity contribution in [2.24, 2.45) is 5.73 Å². The molecule has 1 aromatic heterocycles. The zero-order valence-corrected chi connectivity index (χ0v) is 13.9. The quantitative estimate of drug-likeness (QED) is 0.756. The van der Waals surface area contributed by atoms with Crippen LogP contribution < -0.4 is 16.4 Å². The molecule has 0 spiro atoms. The predicted octanol–water partition coefficient (Wildman–Crippen LogP) is 2.27. The minimum Gasteiger partial charge on any atom is -0.352 e. The van der Waals surface area contributed by atoms with Gasteiger partial charge in [0.15, 0.2) is 0 Å². The Balaban J connectivity index is 2.24. The third-order valence-corrected chi connectivity index (χ3v) is 4.12. The van der Waals surface area contributed by atoms with E-state index >= 15 is 0 Å². The van der Waals surface area contributed by atoms with E-state index in [0.717, 1.165) is 22.2 Å². The van der Waals surface area contributed by atoms with Gasteiger partial charge < -0.3 is 16.4 Å². The smallest absolute Gasteiger partial charge is 0.312 e. The number of rotatable bonds is 6. The predicted molar refractivity (Wildman–Crippen MR) is 94.6 cm³/mol. The number of primary amides is 1. The minimum atomic E-state index is -0.707. The van der Waals surface area contributed by atoms with Crippen molar-refractivity contribution < 1.29 is 9.59 Å². The van der Waals surface area contributed by atoms with Crippen LogP contribution in [0.2, 0.25) is 0 Å². The van der Waals surface area contributed by atoms with Crippen molar-refractivity contribution in [1.82, 2.24) is 10.3 Å². The van der Waals surface area contributed by atoms with Crippen LogP contribution >= 0.6 is 11.8 Å². The number of thioether (sulfide) groups is 1. The number of aromatic nitrogens is 1. The van der Waals surface area contributed by atoms with E-state index < -0.39 is 12.1 Å². The van der Waals surface area contributed by atoms with Gasteiger partial charge in [-0.05, 0) is 49.1 Å². The summed E-state index contributed by atoms with van der Waals surface area (Å²) in [5.74, 6) is 0.459. The standard InChI is InChI=1S/C16H20N4O2S/c1-10-5-6-12(11-4-3-8-18-14(10)11)19-15(21)13(7-9-23-2)20-16(17)22/h3-6,8,13H,7,9H2,1-2H3,(H,19,21)(H3,17,20,22)/t13-/m0/s1. The van der Waals surface area contributed by atoms with Gasteiger partial charge in [-0.1, -0.05) is 6.07 Å². The summed E-state index contributed by atoms with van der Waals surface area (Å²) in [6.45, 7) is 1.97. The van der Waals surface area contributed by atoms with Crippen LogP contribution in [0.3, 0.4) is 0 Å². The fraction of sp³-hybridized carbons (Fsp3) is 0.312. The zero-order chi connectivity index (χ0) is 16.8. The number of hydrogen-bond acceptors (Lipinski definition) is 4. The Morgan fingerprint density at radius 3 is 2.83 bits per heavy atom. The van der Waals surface area contributed by atoms with Crippen LogP contribution in [0.4, 0.5) is 10.5 Å². The molecule has 0 unspecified atom stereocenters. The number of carbonyl (C=O) groups excluding carboxylic acids is 2. The third-order valence-electron chi connectivity index (χ3n) is 3.47. The summed E-state index contributed by atoms with van der Waals surface area (Å²) >= 11 is 1.60. The Morgan fingerprint density at radius 1 is 1.35 bits per heavy atom. The number of nitrogens with one attached hydrogen (secondary N) is 2. The van der Waals surface area contributed by atoms with E-state index in [-0.39, 0.29) is 5.91 Å². The Bertz CT molecular complexity index is 720. The number of benzene rings is 1. The molecule has 1 heterocycles. The molecular formula is C16H20N4O2S. The number of amides is 3. The van der Waals surface area contributed by atoms with Crippen LogP contribution in [0.25, 0.3) is 10.9 Å². The van der Waals surface area contributed by atoms with Crippen LogP contribution in [0.1, 0.15) is 12.0 Å². The van der Waals surface area contributed by atoms with Gasteiger partial charge in [0, 0.05) is 11.6 Å². The van der Waals surface area contributed by atoms with Gasteiger partial charge >= 0.3 is 6.03 Å². The number of pyridine rings is 1. The summed E-state index contributed by atoms with van der Waals surface area (Å²) in [5, 5.41) is 6.22. The van der Waals surface area contributed by atoms with Crippen molar-refractivity contribution in [3.05, 3.63) is 36.0 Å². The number of nitrogens with two attached hydrogens (primary N) is 1. The maximum Gasteiger partial charge on any atom is 0.312 e. The molecule has 0 saturated carbocycles. The van der Waals surface area contributed by atoms with Gasteiger partial charge in [0.25, 0.3) is 0 Å². The summed E-state index contributed by atoms with van der Waals surface area (Å²) in [4.78, 5) is 27.9. The maximum absolute atomic E-state index is 12.5. The van der Waals surface area contributed by atoms with Crippen molar-refractivity contribution >= 4 is 40.3 Å². The molecule has 0 aliphatic heterocycles. The SMILES string of the molecule is CSCC[C@H](NC(N)=O)C(=O)Nc1ccc(C)c2ncccc12. The van der Waals surface area contributed by atoms with E-state index in [1.165, 1.54) is 0 Å². The molecule has 0 aliphatic rings. The summed E-state index contributed by atoms with van der Waals surface area (Å²) in [6, 6.07) is 6.11. The second-order valence-electron chi connectivity index (χ2n) is 5.16. The number of hydrogen-bond donors (Lipinski definition) is 3. The van der Waals surface area contributed by atoms with Crippen molar-refractivity contribution in [1.29, 1.82) is 0 Å². The number of urea groups is 1. The number of aryl methyl sites for hydroxylation is 1. The fourth-order valence-corrected chi connectivity index (χ4v) is 2.79. The molecule has 4 N–H and O–H groups in total. The number of anilines is 1. The molecule has 1 aromatic carbocycles. The molecule has 122 valence electrons. The molecule has 6 nitrogen and oxygen atoms in total. The molecule has 2 rings (SSSR count). The fourth-order valence-electron chi connectivity index (χ4n) is 2.32. The highest BCUT2D eigenvalue weighted by atomic mass is 32.2. The molecule has 0 radical (unpaired) electrons. The lowest BCUT2D eigenvalue weighted by atomic mass is 10.1. The highest BCUT2D eigenvalue weighted by Gasteiger charge is 2.20. The highest BCUT2D eigenvalue weighted by molar-refractivity contribution is 7.98. The van der Waals surface area contributed by atoms with E-state index in [1.807, 2.05) is 37.4 Å². The van der Waals surface area contributed by atoms with E-state index in [9.17, 15) is 9.59 Å². The van der Waals surface area contributed by atoms with Gasteiger partial charge in [-0.25, -0.2) is 4.79 Å². The number of carbonyl (C=O) groups is 2. The van der Waals surface area contributed by atoms with Crippen molar-refractivity contribution in [3.63, 3.8) is 0 Å². The largest absolute Gasteiger partial charge is 0.352 e. The number of nitrogens with zero attached hydrogens (tertiary/aromatic N) is 1. The molecule has 0 fully saturated rings. The van der Waals surface area contributed by atoms with Gasteiger partial charge in [0.1, 0.15) is 6.04 Å². The van der Waals surface area contributed by atoms with Gasteiger partial charge in [-0.15, -0.1) is 0 Å². The Morgan fingerprint density at radius 2 is 2.13 bits per heavy atom. The summed E-state index contributed by atoms with van der Waals surface area (Å²) in [6.07, 6.45) is 4.17. The van der Waals surface area contributed by atoms with Crippen LogP contribution in [0.5, 0.6) is 0 Å². The average Bonchev–Trinajstić information content (AvgIpc) is 2.54. The van der Waals surface area contributed by atoms with E-state index in [0.29, 0.717) is 12.1 Å². The van der Waals surface area contributed by atoms with Crippen molar-refractivity contribution in [2.45, 2.75) is 19.4 Å². The van der Waals surface area contributed by atoms with Crippen LogP contribution in [-0.4, -0.2) is 35.0 Å². The van der Waals surface area contributed by atoms with Gasteiger partial charge in [-0.2, -0.15) is 11.8 Å². The van der Waals surface area contributed by atoms with Gasteiger partial charge in [-0.3, -0.25) is 9.78 Å². The molecule has 0 bridgehead atoms. The lowest BCUT2D eigenvalue weighted by Crippen LogP contribution is -2.46. The molecule has 23 heavy (non-hydrogen) atoms. The lowest BCUT2D eigenvalue weighted by molar-refractivity contribution is -0.117. The van der Waals surface area contributed by atoms with Crippen LogP contribution in [0, 0.1) is 6.92 Å². The Hall–Kier alpha value is -2.28. The first-order valence-electron chi connectivity index (χ1n) is 7.23. The van der Waals surface area contributed by atoms with Gasteiger partial charge in [0.2, 0.25) is 5.91 Å². The molecular weight excluding hydrogens is 312 g/mol. The van der Waals surface area contributed by atoms with Crippen LogP contribution in [0.15, 0.2) is 30.5 Å². The van der Waals surface area contributed by atoms with Crippen molar-refractivity contribution in [2.75, 3.05) is 17.3 Å². The minimum absolute atomic E-state index is 0.285. The first-order valence-corrected chi connectivity index (χ1v) is 8.62. The normalized spacial score (nSPS) is 11.9. The molecule has 0 aliphatic carbocycles. The monoisotopic (exact) mass is 332 g/mol. The first-order chi connectivity index (χ1) is 11.0. The molecule has 2 aromatic rings. The average molecular weight is 332 g/mol. The van der Waals surface area contributed by atoms with E-state index in [4.69, 9.17) is 5.73 Å². The Kier molecular flexibility index (Phi) is 5.81. The molecule has 3 amide bonds. The Labute approximate surface area is 139 Å². The highest BCUT2D eigenvalue weighted by Crippen LogP contribution is 2.24. The summed E-state index contributed by atoms with van der Waals surface area (Å²) in [5.41, 5.74) is 7.71. The second kappa shape index (κ2) is 7.82. The van der Waals surface area contributed by atoms with E-state index in [2.05, 4.69) is 15.6 Å². The van der Waals surface area contributed by atoms with E-state index in [1.54, 1.807) is 18.0 Å². The second-order valence-corrected chi connectivity index (χ2v) is 6.15. The van der Waals surface area contributed by atoms with Crippen LogP contribution in [-0.2, 0) is 4.79 Å². The third kappa shape index (κ3) is 4.35. The first kappa shape index (κ1) is 17.1. The maximum atomic E-state index is 12.5. The number of fused-ring (bicyclic) bond motifs is 1. The molecule has 7 heteroatoms. The molecule has 1 atom stereocenters. The zero-order valence-electron chi connectivity index (χ0n) is 13.1. The van der Waals surface area contributed by atoms with Crippen molar-refractivity contribution in [3.8, 4) is 0 Å². The summed E-state index contributed by atoms with van der Waals surface area (Å²) < 4.78 is 0. The molecule has 0 saturated heterocycles. The topological polar surface area (TPSA) is 97.1 Å². The lowest BCUT2D eigenvalue weighted by Gasteiger charge is -2.18.